The first-order valence-corrected chi connectivity index (χ1v) is 8.28. The van der Waals surface area contributed by atoms with E-state index in [4.69, 9.17) is 0 Å². The van der Waals surface area contributed by atoms with Crippen LogP contribution in [0.5, 0.6) is 0 Å². The number of aromatic amines is 1. The van der Waals surface area contributed by atoms with Crippen molar-refractivity contribution in [2.45, 2.75) is 44.1 Å². The van der Waals surface area contributed by atoms with Gasteiger partial charge in [0, 0.05) is 34.5 Å². The second kappa shape index (κ2) is 5.93. The molecular formula is C16H20N4S. The maximum Gasteiger partial charge on any atom is 0.191 e. The fraction of sp³-hybridized carbons (Fsp3) is 0.375. The average molecular weight is 300 g/mol. The molecule has 1 unspecified atom stereocenters. The van der Waals surface area contributed by atoms with Crippen LogP contribution in [0.15, 0.2) is 35.6 Å². The second-order valence-corrected chi connectivity index (χ2v) is 6.54. The summed E-state index contributed by atoms with van der Waals surface area (Å²) in [6, 6.07) is 8.30. The molecule has 0 radical (unpaired) electrons. The van der Waals surface area contributed by atoms with E-state index < -0.39 is 0 Å². The molecule has 0 aliphatic rings. The Morgan fingerprint density at radius 1 is 1.24 bits per heavy atom. The van der Waals surface area contributed by atoms with Crippen molar-refractivity contribution in [3.8, 4) is 11.4 Å². The molecule has 110 valence electrons. The van der Waals surface area contributed by atoms with Crippen LogP contribution >= 0.6 is 11.8 Å². The Hall–Kier alpha value is -1.75. The van der Waals surface area contributed by atoms with Crippen molar-refractivity contribution in [1.82, 2.24) is 19.7 Å². The molecular weight excluding hydrogens is 280 g/mol. The molecule has 4 nitrogen and oxygen atoms in total. The highest BCUT2D eigenvalue weighted by Crippen LogP contribution is 2.31. The number of fused-ring (bicyclic) bond motifs is 1. The third kappa shape index (κ3) is 2.58. The van der Waals surface area contributed by atoms with Crippen molar-refractivity contribution < 1.29 is 0 Å². The Morgan fingerprint density at radius 3 is 2.81 bits per heavy atom. The molecule has 0 saturated carbocycles. The van der Waals surface area contributed by atoms with Gasteiger partial charge in [-0.2, -0.15) is 0 Å². The zero-order chi connectivity index (χ0) is 14.8. The molecule has 21 heavy (non-hydrogen) atoms. The minimum atomic E-state index is 0.551. The SMILES string of the molecule is CCC(C)Sc1nnc(-c2c[nH]c3ccccc23)n1CC. The van der Waals surface area contributed by atoms with Crippen LogP contribution in [0.3, 0.4) is 0 Å². The van der Waals surface area contributed by atoms with Gasteiger partial charge < -0.3 is 9.55 Å². The highest BCUT2D eigenvalue weighted by molar-refractivity contribution is 7.99. The topological polar surface area (TPSA) is 46.5 Å². The maximum atomic E-state index is 4.44. The third-order valence-electron chi connectivity index (χ3n) is 3.74. The molecule has 0 aliphatic heterocycles. The summed E-state index contributed by atoms with van der Waals surface area (Å²) >= 11 is 1.80. The van der Waals surface area contributed by atoms with Crippen molar-refractivity contribution in [1.29, 1.82) is 0 Å². The van der Waals surface area contributed by atoms with E-state index in [1.165, 1.54) is 5.39 Å². The van der Waals surface area contributed by atoms with Crippen LogP contribution in [0.2, 0.25) is 0 Å². The molecule has 3 aromatic rings. The van der Waals surface area contributed by atoms with Crippen LogP contribution in [0.25, 0.3) is 22.3 Å². The molecule has 0 aliphatic carbocycles. The van der Waals surface area contributed by atoms with Gasteiger partial charge in [-0.05, 0) is 19.4 Å². The summed E-state index contributed by atoms with van der Waals surface area (Å²) in [5.41, 5.74) is 2.25. The number of rotatable bonds is 5. The summed E-state index contributed by atoms with van der Waals surface area (Å²) in [4.78, 5) is 3.31. The molecule has 0 spiro atoms. The minimum Gasteiger partial charge on any atom is -0.360 e. The first kappa shape index (κ1) is 14.2. The normalized spacial score (nSPS) is 12.9. The van der Waals surface area contributed by atoms with E-state index in [9.17, 15) is 0 Å². The zero-order valence-corrected chi connectivity index (χ0v) is 13.4. The number of thioether (sulfide) groups is 1. The van der Waals surface area contributed by atoms with Gasteiger partial charge in [-0.1, -0.05) is 43.8 Å². The zero-order valence-electron chi connectivity index (χ0n) is 12.6. The summed E-state index contributed by atoms with van der Waals surface area (Å²) in [5.74, 6) is 0.945. The molecule has 2 heterocycles. The summed E-state index contributed by atoms with van der Waals surface area (Å²) in [6.07, 6.45) is 3.15. The molecule has 3 rings (SSSR count). The summed E-state index contributed by atoms with van der Waals surface area (Å²) in [5, 5.41) is 11.6. The highest BCUT2D eigenvalue weighted by atomic mass is 32.2. The fourth-order valence-corrected chi connectivity index (χ4v) is 3.34. The van der Waals surface area contributed by atoms with Crippen LogP contribution < -0.4 is 0 Å². The van der Waals surface area contributed by atoms with E-state index in [1.54, 1.807) is 11.8 Å². The number of para-hydroxylation sites is 1. The van der Waals surface area contributed by atoms with Gasteiger partial charge in [0.15, 0.2) is 11.0 Å². The molecule has 2 aromatic heterocycles. The minimum absolute atomic E-state index is 0.551. The Labute approximate surface area is 129 Å². The highest BCUT2D eigenvalue weighted by Gasteiger charge is 2.17. The number of aromatic nitrogens is 4. The van der Waals surface area contributed by atoms with Crippen molar-refractivity contribution in [3.63, 3.8) is 0 Å². The molecule has 1 atom stereocenters. The molecule has 1 N–H and O–H groups in total. The van der Waals surface area contributed by atoms with E-state index in [0.29, 0.717) is 5.25 Å². The number of H-pyrrole nitrogens is 1. The van der Waals surface area contributed by atoms with Crippen molar-refractivity contribution >= 4 is 22.7 Å². The largest absolute Gasteiger partial charge is 0.360 e. The number of benzene rings is 1. The van der Waals surface area contributed by atoms with E-state index in [2.05, 4.69) is 58.7 Å². The quantitative estimate of drug-likeness (QED) is 0.713. The van der Waals surface area contributed by atoms with E-state index in [1.807, 2.05) is 12.3 Å². The Bertz CT molecular complexity index is 744. The monoisotopic (exact) mass is 300 g/mol. The van der Waals surface area contributed by atoms with Gasteiger partial charge in [-0.3, -0.25) is 0 Å². The smallest absolute Gasteiger partial charge is 0.191 e. The molecule has 0 saturated heterocycles. The van der Waals surface area contributed by atoms with Gasteiger partial charge in [0.2, 0.25) is 0 Å². The van der Waals surface area contributed by atoms with Crippen molar-refractivity contribution in [2.24, 2.45) is 0 Å². The first-order chi connectivity index (χ1) is 10.2. The number of nitrogens with one attached hydrogen (secondary N) is 1. The van der Waals surface area contributed by atoms with Gasteiger partial charge in [0.1, 0.15) is 0 Å². The maximum absolute atomic E-state index is 4.44. The van der Waals surface area contributed by atoms with Crippen LogP contribution in [0.4, 0.5) is 0 Å². The van der Waals surface area contributed by atoms with Crippen molar-refractivity contribution in [2.75, 3.05) is 0 Å². The molecule has 0 bridgehead atoms. The summed E-state index contributed by atoms with van der Waals surface area (Å²) in [7, 11) is 0. The van der Waals surface area contributed by atoms with Gasteiger partial charge in [-0.15, -0.1) is 10.2 Å². The predicted molar refractivity (Wildman–Crippen MR) is 88.6 cm³/mol. The van der Waals surface area contributed by atoms with Crippen LogP contribution in [0.1, 0.15) is 27.2 Å². The molecule has 1 aromatic carbocycles. The van der Waals surface area contributed by atoms with Gasteiger partial charge >= 0.3 is 0 Å². The third-order valence-corrected chi connectivity index (χ3v) is 4.99. The Morgan fingerprint density at radius 2 is 2.05 bits per heavy atom. The summed E-state index contributed by atoms with van der Waals surface area (Å²) in [6.45, 7) is 7.44. The van der Waals surface area contributed by atoms with Crippen molar-refractivity contribution in [3.05, 3.63) is 30.5 Å². The van der Waals surface area contributed by atoms with Crippen LogP contribution in [0, 0.1) is 0 Å². The lowest BCUT2D eigenvalue weighted by Gasteiger charge is -2.09. The van der Waals surface area contributed by atoms with E-state index >= 15 is 0 Å². The number of hydrogen-bond acceptors (Lipinski definition) is 3. The lowest BCUT2D eigenvalue weighted by Crippen LogP contribution is -2.02. The summed E-state index contributed by atoms with van der Waals surface area (Å²) < 4.78 is 2.20. The molecule has 5 heteroatoms. The standard InChI is InChI=1S/C16H20N4S/c1-4-11(3)21-16-19-18-15(20(16)5-2)13-10-17-14-9-7-6-8-12(13)14/h6-11,17H,4-5H2,1-3H3. The van der Waals surface area contributed by atoms with Gasteiger partial charge in [-0.25, -0.2) is 0 Å². The lowest BCUT2D eigenvalue weighted by atomic mass is 10.1. The van der Waals surface area contributed by atoms with Crippen LogP contribution in [-0.2, 0) is 6.54 Å². The van der Waals surface area contributed by atoms with Gasteiger partial charge in [0.25, 0.3) is 0 Å². The predicted octanol–water partition coefficient (Wildman–Crippen LogP) is 4.34. The average Bonchev–Trinajstić information content (AvgIpc) is 3.10. The lowest BCUT2D eigenvalue weighted by molar-refractivity contribution is 0.684. The number of nitrogens with zero attached hydrogens (tertiary/aromatic N) is 3. The van der Waals surface area contributed by atoms with Crippen LogP contribution in [-0.4, -0.2) is 25.0 Å². The molecule has 0 amide bonds. The van der Waals surface area contributed by atoms with E-state index in [-0.39, 0.29) is 0 Å². The van der Waals surface area contributed by atoms with Gasteiger partial charge in [0.05, 0.1) is 0 Å². The fourth-order valence-electron chi connectivity index (χ4n) is 2.38. The number of hydrogen-bond donors (Lipinski definition) is 1. The molecule has 0 fully saturated rings. The Kier molecular flexibility index (Phi) is 4.01. The first-order valence-electron chi connectivity index (χ1n) is 7.40. The Balaban J connectivity index is 2.06. The van der Waals surface area contributed by atoms with E-state index in [0.717, 1.165) is 35.0 Å². The second-order valence-electron chi connectivity index (χ2n) is 5.14.